The van der Waals surface area contributed by atoms with Gasteiger partial charge in [0.1, 0.15) is 0 Å². The van der Waals surface area contributed by atoms with Gasteiger partial charge in [-0.1, -0.05) is 0 Å². The zero-order chi connectivity index (χ0) is 11.5. The first kappa shape index (κ1) is 11.6. The summed E-state index contributed by atoms with van der Waals surface area (Å²) in [5, 5.41) is 0.630. The molecule has 0 spiro atoms. The second-order valence-corrected chi connectivity index (χ2v) is 6.12. The average Bonchev–Trinajstić information content (AvgIpc) is 2.29. The van der Waals surface area contributed by atoms with Gasteiger partial charge >= 0.3 is 108 Å². The third-order valence-electron chi connectivity index (χ3n) is 2.17. The molecule has 0 aliphatic heterocycles. The third-order valence-corrected chi connectivity index (χ3v) is 5.05. The molecular weight excluding hydrogens is 276 g/mol. The van der Waals surface area contributed by atoms with Crippen LogP contribution in [0.4, 0.5) is 0 Å². The molecule has 1 atom stereocenters. The van der Waals surface area contributed by atoms with E-state index in [1.807, 2.05) is 49.4 Å². The number of hydrogen-bond donors (Lipinski definition) is 0. The molecule has 1 heterocycles. The van der Waals surface area contributed by atoms with Crippen molar-refractivity contribution in [1.29, 1.82) is 0 Å². The van der Waals surface area contributed by atoms with E-state index < -0.39 is 10.8 Å². The number of aromatic nitrogens is 1. The molecule has 0 saturated carbocycles. The van der Waals surface area contributed by atoms with Gasteiger partial charge in [0.15, 0.2) is 0 Å². The first-order chi connectivity index (χ1) is 7.68. The molecule has 2 rings (SSSR count). The summed E-state index contributed by atoms with van der Waals surface area (Å²) >= 11 is 1.48. The minimum atomic E-state index is -1.16. The second-order valence-electron chi connectivity index (χ2n) is 3.42. The average molecular weight is 286 g/mol. The van der Waals surface area contributed by atoms with Gasteiger partial charge in [-0.3, -0.25) is 0 Å². The molecule has 1 aromatic heterocycles. The van der Waals surface area contributed by atoms with Crippen molar-refractivity contribution in [1.82, 2.24) is 4.98 Å². The molecule has 4 heteroatoms. The molecule has 0 saturated heterocycles. The quantitative estimate of drug-likeness (QED) is 0.780. The van der Waals surface area contributed by atoms with Crippen molar-refractivity contribution in [3.8, 4) is 0 Å². The fourth-order valence-corrected chi connectivity index (χ4v) is 3.63. The molecule has 0 fully saturated rings. The number of aryl methyl sites for hydroxylation is 1. The van der Waals surface area contributed by atoms with Crippen LogP contribution >= 0.6 is 0 Å². The summed E-state index contributed by atoms with van der Waals surface area (Å²) in [4.78, 5) is 5.16. The van der Waals surface area contributed by atoms with E-state index in [0.717, 1.165) is 14.7 Å². The van der Waals surface area contributed by atoms with Crippen molar-refractivity contribution < 1.29 is 4.21 Å². The van der Waals surface area contributed by atoms with Gasteiger partial charge in [-0.15, -0.1) is 0 Å². The molecule has 2 radical (unpaired) electrons. The van der Waals surface area contributed by atoms with E-state index in [1.54, 1.807) is 0 Å². The van der Waals surface area contributed by atoms with E-state index >= 15 is 0 Å². The molecule has 2 nitrogen and oxygen atoms in total. The number of nitrogens with zero attached hydrogens (tertiary/aromatic N) is 1. The summed E-state index contributed by atoms with van der Waals surface area (Å²) in [5.74, 6) is 0. The zero-order valence-corrected chi connectivity index (χ0v) is 12.1. The Morgan fingerprint density at radius 1 is 1.12 bits per heavy atom. The third kappa shape index (κ3) is 2.45. The van der Waals surface area contributed by atoms with Crippen molar-refractivity contribution in [2.24, 2.45) is 0 Å². The van der Waals surface area contributed by atoms with Crippen molar-refractivity contribution in [2.45, 2.75) is 16.8 Å². The fraction of sp³-hybridized carbons (Fsp3) is 0.0833. The predicted octanol–water partition coefficient (Wildman–Crippen LogP) is 1.35. The van der Waals surface area contributed by atoms with Gasteiger partial charge < -0.3 is 0 Å². The molecule has 0 N–H and O–H groups in total. The molecule has 78 valence electrons. The van der Waals surface area contributed by atoms with E-state index in [4.69, 9.17) is 0 Å². The number of pyridine rings is 1. The summed E-state index contributed by atoms with van der Waals surface area (Å²) < 4.78 is 13.4. The summed E-state index contributed by atoms with van der Waals surface area (Å²) in [6.45, 7) is 1.91. The van der Waals surface area contributed by atoms with Crippen LogP contribution in [0.25, 0.3) is 0 Å². The van der Waals surface area contributed by atoms with Crippen molar-refractivity contribution in [3.63, 3.8) is 0 Å². The van der Waals surface area contributed by atoms with E-state index in [1.165, 1.54) is 18.6 Å². The number of benzene rings is 1. The molecule has 0 aliphatic carbocycles. The molecule has 16 heavy (non-hydrogen) atoms. The molecule has 2 aromatic rings. The monoisotopic (exact) mass is 285 g/mol. The SMILES string of the molecule is Cc1cccc(S(=O)c2cccc[c]2[Ga])n1. The van der Waals surface area contributed by atoms with Gasteiger partial charge in [0.2, 0.25) is 0 Å². The Labute approximate surface area is 107 Å². The van der Waals surface area contributed by atoms with Gasteiger partial charge in [-0.05, 0) is 0 Å². The van der Waals surface area contributed by atoms with Gasteiger partial charge in [-0.2, -0.15) is 0 Å². The van der Waals surface area contributed by atoms with Crippen LogP contribution in [0.3, 0.4) is 0 Å². The molecule has 0 aliphatic rings. The van der Waals surface area contributed by atoms with Crippen LogP contribution in [0.2, 0.25) is 0 Å². The fourth-order valence-electron chi connectivity index (χ4n) is 1.38. The molecular formula is C12H10GaNOS. The molecule has 1 unspecified atom stereocenters. The number of hydrogen-bond acceptors (Lipinski definition) is 2. The van der Waals surface area contributed by atoms with E-state index in [0.29, 0.717) is 5.03 Å². The van der Waals surface area contributed by atoms with E-state index in [-0.39, 0.29) is 0 Å². The predicted molar refractivity (Wildman–Crippen MR) is 65.5 cm³/mol. The van der Waals surface area contributed by atoms with Crippen LogP contribution in [-0.4, -0.2) is 27.8 Å². The molecule has 0 bridgehead atoms. The minimum absolute atomic E-state index is 0.630. The Balaban J connectivity index is 2.44. The van der Waals surface area contributed by atoms with Crippen LogP contribution in [-0.2, 0) is 10.8 Å². The normalized spacial score (nSPS) is 12.3. The van der Waals surface area contributed by atoms with Gasteiger partial charge in [0, 0.05) is 0 Å². The Bertz CT molecular complexity index is 542. The molecule has 1 aromatic carbocycles. The van der Waals surface area contributed by atoms with Crippen LogP contribution in [0.15, 0.2) is 52.4 Å². The van der Waals surface area contributed by atoms with Gasteiger partial charge in [-0.25, -0.2) is 0 Å². The van der Waals surface area contributed by atoms with Crippen LogP contribution in [0, 0.1) is 6.92 Å². The first-order valence-electron chi connectivity index (χ1n) is 4.88. The zero-order valence-electron chi connectivity index (χ0n) is 8.88. The maximum atomic E-state index is 12.3. The summed E-state index contributed by atoms with van der Waals surface area (Å²) in [6, 6.07) is 13.4. The van der Waals surface area contributed by atoms with E-state index in [2.05, 4.69) is 4.98 Å². The summed E-state index contributed by atoms with van der Waals surface area (Å²) in [6.07, 6.45) is 0. The van der Waals surface area contributed by atoms with Crippen LogP contribution in [0.1, 0.15) is 5.69 Å². The first-order valence-corrected chi connectivity index (χ1v) is 7.24. The van der Waals surface area contributed by atoms with E-state index in [9.17, 15) is 4.21 Å². The summed E-state index contributed by atoms with van der Waals surface area (Å²) in [5.41, 5.74) is 0.893. The van der Waals surface area contributed by atoms with Crippen LogP contribution in [0.5, 0.6) is 0 Å². The Kier molecular flexibility index (Phi) is 3.63. The van der Waals surface area contributed by atoms with Crippen LogP contribution < -0.4 is 4.12 Å². The Morgan fingerprint density at radius 2 is 1.88 bits per heavy atom. The molecule has 0 amide bonds. The van der Waals surface area contributed by atoms with Crippen molar-refractivity contribution in [3.05, 3.63) is 48.2 Å². The Hall–Kier alpha value is -0.844. The maximum absolute atomic E-state index is 12.3. The standard InChI is InChI=1S/C12H10NOS.Ga/c1-10-6-5-9-12(13-10)15(14)11-7-3-2-4-8-11;/h2-7,9H,1H3;. The van der Waals surface area contributed by atoms with Gasteiger partial charge in [0.25, 0.3) is 0 Å². The van der Waals surface area contributed by atoms with Gasteiger partial charge in [0.05, 0.1) is 0 Å². The van der Waals surface area contributed by atoms with Crippen molar-refractivity contribution >= 4 is 33.5 Å². The second kappa shape index (κ2) is 4.99. The van der Waals surface area contributed by atoms with Crippen molar-refractivity contribution in [2.75, 3.05) is 0 Å². The number of rotatable bonds is 2. The summed E-state index contributed by atoms with van der Waals surface area (Å²) in [7, 11) is -1.16. The topological polar surface area (TPSA) is 30.0 Å². The Morgan fingerprint density at radius 3 is 2.56 bits per heavy atom.